The molecule has 0 spiro atoms. The lowest BCUT2D eigenvalue weighted by Gasteiger charge is -2.31. The van der Waals surface area contributed by atoms with E-state index >= 15 is 0 Å². The quantitative estimate of drug-likeness (QED) is 0.805. The van der Waals surface area contributed by atoms with E-state index in [4.69, 9.17) is 16.3 Å². The number of halogens is 1. The molecule has 1 aromatic carbocycles. The molecule has 106 valence electrons. The number of benzene rings is 1. The van der Waals surface area contributed by atoms with Crippen LogP contribution in [-0.2, 0) is 14.9 Å². The van der Waals surface area contributed by atoms with Crippen molar-refractivity contribution in [3.05, 3.63) is 34.3 Å². The number of hydrogen-bond donors (Lipinski definition) is 0. The average molecular weight is 304 g/mol. The standard InChI is InChI=1S/C13H17ClO4S/c1-9-6-11(14)2-3-12(9)13-7-10(4-5-18-13)8-19(15,16)17/h2-3,6,10,13H,4-5,7-8H2,1H3,(H,15,16,17)/p-1. The van der Waals surface area contributed by atoms with E-state index in [0.717, 1.165) is 11.1 Å². The molecule has 4 nitrogen and oxygen atoms in total. The molecular formula is C13H16ClO4S-. The van der Waals surface area contributed by atoms with Gasteiger partial charge in [-0.25, -0.2) is 8.42 Å². The van der Waals surface area contributed by atoms with E-state index in [-0.39, 0.29) is 17.8 Å². The third-order valence-electron chi connectivity index (χ3n) is 3.41. The zero-order chi connectivity index (χ0) is 14.0. The molecule has 0 amide bonds. The monoisotopic (exact) mass is 303 g/mol. The van der Waals surface area contributed by atoms with Gasteiger partial charge in [-0.15, -0.1) is 0 Å². The molecule has 0 saturated carbocycles. The van der Waals surface area contributed by atoms with Crippen molar-refractivity contribution in [3.8, 4) is 0 Å². The smallest absolute Gasteiger partial charge is 0.0948 e. The number of hydrogen-bond acceptors (Lipinski definition) is 4. The van der Waals surface area contributed by atoms with Gasteiger partial charge in [0.1, 0.15) is 0 Å². The molecule has 0 aromatic heterocycles. The molecule has 0 radical (unpaired) electrons. The lowest BCUT2D eigenvalue weighted by Crippen LogP contribution is -2.26. The van der Waals surface area contributed by atoms with Crippen molar-refractivity contribution in [2.24, 2.45) is 5.92 Å². The summed E-state index contributed by atoms with van der Waals surface area (Å²) in [5.41, 5.74) is 2.03. The molecule has 6 heteroatoms. The normalized spacial score (nSPS) is 24.4. The van der Waals surface area contributed by atoms with Gasteiger partial charge in [0.25, 0.3) is 0 Å². The first-order valence-corrected chi connectivity index (χ1v) is 8.12. The van der Waals surface area contributed by atoms with Crippen LogP contribution in [0, 0.1) is 12.8 Å². The van der Waals surface area contributed by atoms with E-state index in [1.54, 1.807) is 6.07 Å². The predicted octanol–water partition coefficient (Wildman–Crippen LogP) is 2.66. The topological polar surface area (TPSA) is 66.4 Å². The molecule has 1 aliphatic rings. The summed E-state index contributed by atoms with van der Waals surface area (Å²) in [6.07, 6.45) is 1.02. The average Bonchev–Trinajstić information content (AvgIpc) is 2.26. The lowest BCUT2D eigenvalue weighted by atomic mass is 9.91. The highest BCUT2D eigenvalue weighted by molar-refractivity contribution is 7.85. The van der Waals surface area contributed by atoms with Crippen LogP contribution < -0.4 is 0 Å². The van der Waals surface area contributed by atoms with E-state index in [0.29, 0.717) is 24.5 Å². The molecule has 2 rings (SSSR count). The zero-order valence-corrected chi connectivity index (χ0v) is 12.2. The Morgan fingerprint density at radius 2 is 2.21 bits per heavy atom. The minimum absolute atomic E-state index is 0.128. The molecule has 1 aliphatic heterocycles. The summed E-state index contributed by atoms with van der Waals surface area (Å²) in [5, 5.41) is 0.663. The maximum atomic E-state index is 10.8. The molecule has 2 atom stereocenters. The summed E-state index contributed by atoms with van der Waals surface area (Å²) in [4.78, 5) is 0. The van der Waals surface area contributed by atoms with E-state index < -0.39 is 10.1 Å². The Hall–Kier alpha value is -0.620. The van der Waals surface area contributed by atoms with E-state index in [1.807, 2.05) is 19.1 Å². The van der Waals surface area contributed by atoms with Crippen LogP contribution in [0.2, 0.25) is 5.02 Å². The van der Waals surface area contributed by atoms with Crippen molar-refractivity contribution in [1.82, 2.24) is 0 Å². The predicted molar refractivity (Wildman–Crippen MR) is 72.2 cm³/mol. The summed E-state index contributed by atoms with van der Waals surface area (Å²) >= 11 is 5.91. The van der Waals surface area contributed by atoms with Gasteiger partial charge in [0.15, 0.2) is 0 Å². The van der Waals surface area contributed by atoms with Gasteiger partial charge in [-0.3, -0.25) is 0 Å². The number of aryl methyl sites for hydroxylation is 1. The van der Waals surface area contributed by atoms with Crippen LogP contribution in [0.15, 0.2) is 18.2 Å². The third kappa shape index (κ3) is 4.18. The molecule has 19 heavy (non-hydrogen) atoms. The van der Waals surface area contributed by atoms with Crippen LogP contribution >= 0.6 is 11.6 Å². The van der Waals surface area contributed by atoms with Crippen molar-refractivity contribution in [1.29, 1.82) is 0 Å². The Morgan fingerprint density at radius 1 is 1.47 bits per heavy atom. The third-order valence-corrected chi connectivity index (χ3v) is 4.53. The van der Waals surface area contributed by atoms with Crippen LogP contribution in [0.5, 0.6) is 0 Å². The van der Waals surface area contributed by atoms with Gasteiger partial charge in [0.05, 0.1) is 16.2 Å². The number of rotatable bonds is 3. The van der Waals surface area contributed by atoms with Crippen molar-refractivity contribution >= 4 is 21.7 Å². The fourth-order valence-electron chi connectivity index (χ4n) is 2.52. The summed E-state index contributed by atoms with van der Waals surface area (Å²) in [7, 11) is -4.17. The van der Waals surface area contributed by atoms with Crippen molar-refractivity contribution in [2.75, 3.05) is 12.4 Å². The fraction of sp³-hybridized carbons (Fsp3) is 0.538. The maximum absolute atomic E-state index is 10.8. The van der Waals surface area contributed by atoms with E-state index in [9.17, 15) is 13.0 Å². The van der Waals surface area contributed by atoms with E-state index in [2.05, 4.69) is 0 Å². The first-order chi connectivity index (χ1) is 8.85. The molecule has 1 saturated heterocycles. The Labute approximate surface area is 118 Å². The SMILES string of the molecule is Cc1cc(Cl)ccc1C1CC(CS(=O)(=O)[O-])CCO1. The van der Waals surface area contributed by atoms with Crippen LogP contribution in [0.3, 0.4) is 0 Å². The first kappa shape index (κ1) is 14.8. The minimum atomic E-state index is -4.17. The highest BCUT2D eigenvalue weighted by Crippen LogP contribution is 2.34. The van der Waals surface area contributed by atoms with Crippen LogP contribution in [0.4, 0.5) is 0 Å². The van der Waals surface area contributed by atoms with Crippen LogP contribution in [0.25, 0.3) is 0 Å². The van der Waals surface area contributed by atoms with Gasteiger partial charge in [-0.2, -0.15) is 0 Å². The minimum Gasteiger partial charge on any atom is -0.748 e. The molecule has 1 heterocycles. The van der Waals surface area contributed by atoms with Crippen LogP contribution in [-0.4, -0.2) is 25.3 Å². The van der Waals surface area contributed by atoms with Gasteiger partial charge in [-0.05, 0) is 48.9 Å². The second kappa shape index (κ2) is 5.79. The molecule has 0 bridgehead atoms. The van der Waals surface area contributed by atoms with Crippen molar-refractivity contribution < 1.29 is 17.7 Å². The first-order valence-electron chi connectivity index (χ1n) is 6.16. The van der Waals surface area contributed by atoms with E-state index in [1.165, 1.54) is 0 Å². The summed E-state index contributed by atoms with van der Waals surface area (Å²) in [6.45, 7) is 2.42. The van der Waals surface area contributed by atoms with Crippen molar-refractivity contribution in [2.45, 2.75) is 25.9 Å². The fourth-order valence-corrected chi connectivity index (χ4v) is 3.63. The summed E-state index contributed by atoms with van der Waals surface area (Å²) in [6, 6.07) is 5.55. The summed E-state index contributed by atoms with van der Waals surface area (Å²) in [5.74, 6) is -0.434. The molecular weight excluding hydrogens is 288 g/mol. The van der Waals surface area contributed by atoms with Gasteiger partial charge in [-0.1, -0.05) is 17.7 Å². The van der Waals surface area contributed by atoms with Gasteiger partial charge < -0.3 is 9.29 Å². The number of ether oxygens (including phenoxy) is 1. The zero-order valence-electron chi connectivity index (χ0n) is 10.6. The van der Waals surface area contributed by atoms with Gasteiger partial charge in [0, 0.05) is 17.4 Å². The Bertz CT molecular complexity index is 556. The largest absolute Gasteiger partial charge is 0.748 e. The molecule has 0 aliphatic carbocycles. The highest BCUT2D eigenvalue weighted by atomic mass is 35.5. The Balaban J connectivity index is 2.12. The second-order valence-corrected chi connectivity index (χ2v) is 6.86. The summed E-state index contributed by atoms with van der Waals surface area (Å²) < 4.78 is 38.2. The molecule has 1 fully saturated rings. The molecule has 0 N–H and O–H groups in total. The lowest BCUT2D eigenvalue weighted by molar-refractivity contribution is -0.00623. The van der Waals surface area contributed by atoms with Gasteiger partial charge in [0.2, 0.25) is 0 Å². The molecule has 2 unspecified atom stereocenters. The van der Waals surface area contributed by atoms with Crippen molar-refractivity contribution in [3.63, 3.8) is 0 Å². The van der Waals surface area contributed by atoms with Gasteiger partial charge >= 0.3 is 0 Å². The highest BCUT2D eigenvalue weighted by Gasteiger charge is 2.26. The van der Waals surface area contributed by atoms with Crippen LogP contribution in [0.1, 0.15) is 30.1 Å². The Kier molecular flexibility index (Phi) is 4.50. The second-order valence-electron chi connectivity index (χ2n) is 4.98. The maximum Gasteiger partial charge on any atom is 0.0948 e. The molecule has 1 aromatic rings. The Morgan fingerprint density at radius 3 is 2.84 bits per heavy atom.